The molecule has 3 aliphatic rings. The smallest absolute Gasteiger partial charge is 0.414 e. The van der Waals surface area contributed by atoms with E-state index >= 15 is 0 Å². The van der Waals surface area contributed by atoms with Gasteiger partial charge in [0.2, 0.25) is 0 Å². The lowest BCUT2D eigenvalue weighted by molar-refractivity contribution is -0.191. The summed E-state index contributed by atoms with van der Waals surface area (Å²) in [6.07, 6.45) is -0.615. The number of amides is 1. The Labute approximate surface area is 234 Å². The molecule has 3 N–H and O–H groups in total. The summed E-state index contributed by atoms with van der Waals surface area (Å²) in [6.45, 7) is 1.01. The zero-order valence-electron chi connectivity index (χ0n) is 22.3. The van der Waals surface area contributed by atoms with Gasteiger partial charge in [0.25, 0.3) is 5.91 Å². The number of aromatic nitrogens is 1. The summed E-state index contributed by atoms with van der Waals surface area (Å²) in [5, 5.41) is 2.84. The van der Waals surface area contributed by atoms with E-state index in [0.717, 1.165) is 25.7 Å². The molecule has 2 aliphatic carbocycles. The van der Waals surface area contributed by atoms with Crippen LogP contribution in [0, 0.1) is 5.82 Å². The van der Waals surface area contributed by atoms with Crippen molar-refractivity contribution in [2.24, 2.45) is 5.73 Å². The van der Waals surface area contributed by atoms with E-state index in [-0.39, 0.29) is 47.4 Å². The van der Waals surface area contributed by atoms with Crippen molar-refractivity contribution in [3.63, 3.8) is 0 Å². The molecule has 216 valence electrons. The summed E-state index contributed by atoms with van der Waals surface area (Å²) in [5.74, 6) is -0.329. The second kappa shape index (κ2) is 10.2. The number of nitrogens with zero attached hydrogens (tertiary/aromatic N) is 1. The van der Waals surface area contributed by atoms with Crippen LogP contribution in [0.5, 0.6) is 17.2 Å². The van der Waals surface area contributed by atoms with Crippen LogP contribution in [0.25, 0.3) is 11.3 Å². The van der Waals surface area contributed by atoms with Crippen LogP contribution < -0.4 is 25.3 Å². The Morgan fingerprint density at radius 2 is 1.73 bits per heavy atom. The number of hydrogen-bond donors (Lipinski definition) is 2. The number of fused-ring (bicyclic) bond motifs is 1. The quantitative estimate of drug-likeness (QED) is 0.324. The Bertz CT molecular complexity index is 1470. The molecule has 0 unspecified atom stereocenters. The van der Waals surface area contributed by atoms with Crippen LogP contribution in [0.3, 0.4) is 0 Å². The van der Waals surface area contributed by atoms with Gasteiger partial charge in [0, 0.05) is 34.8 Å². The third kappa shape index (κ3) is 5.55. The Hall–Kier alpha value is -3.86. The van der Waals surface area contributed by atoms with E-state index in [0.29, 0.717) is 22.6 Å². The summed E-state index contributed by atoms with van der Waals surface area (Å²) in [6, 6.07) is 11.5. The molecule has 2 saturated carbocycles. The van der Waals surface area contributed by atoms with E-state index < -0.39 is 30.1 Å². The monoisotopic (exact) mass is 571 g/mol. The molecule has 7 nitrogen and oxygen atoms in total. The van der Waals surface area contributed by atoms with Gasteiger partial charge in [-0.05, 0) is 74.2 Å². The molecule has 0 bridgehead atoms. The average Bonchev–Trinajstić information content (AvgIpc) is 3.88. The molecule has 2 heterocycles. The largest absolute Gasteiger partial charge is 0.488 e. The topological polar surface area (TPSA) is 95.7 Å². The zero-order valence-corrected chi connectivity index (χ0v) is 22.3. The highest BCUT2D eigenvalue weighted by molar-refractivity contribution is 5.95. The lowest BCUT2D eigenvalue weighted by Gasteiger charge is -2.26. The standard InChI is InChI=1S/C30H29F4N3O4/c1-16(14-36-28(38)18-4-11-24(40-20-7-8-20)25(12-18)41-21-9-10-21)23-13-22-27(39-15-29(22,35)30(32,33)34)26(37-23)17-2-5-19(31)6-3-17/h2-6,11-13,16,20-21H,7-10,14-15,35H2,1H3,(H,36,38)/t16-,29+/m1/s1. The van der Waals surface area contributed by atoms with E-state index in [1.807, 2.05) is 0 Å². The van der Waals surface area contributed by atoms with Gasteiger partial charge in [-0.15, -0.1) is 0 Å². The number of carbonyl (C=O) groups excluding carboxylic acids is 1. The first-order chi connectivity index (χ1) is 19.5. The van der Waals surface area contributed by atoms with Crippen molar-refractivity contribution in [3.05, 3.63) is 71.2 Å². The van der Waals surface area contributed by atoms with Crippen LogP contribution in [0.2, 0.25) is 0 Å². The highest BCUT2D eigenvalue weighted by Gasteiger charge is 2.59. The maximum atomic E-state index is 14.1. The molecule has 0 spiro atoms. The molecule has 6 rings (SSSR count). The van der Waals surface area contributed by atoms with Crippen molar-refractivity contribution in [1.82, 2.24) is 10.3 Å². The van der Waals surface area contributed by atoms with E-state index in [2.05, 4.69) is 10.3 Å². The van der Waals surface area contributed by atoms with Crippen LogP contribution >= 0.6 is 0 Å². The third-order valence-electron chi connectivity index (χ3n) is 7.46. The van der Waals surface area contributed by atoms with Gasteiger partial charge in [-0.3, -0.25) is 4.79 Å². The fourth-order valence-corrected chi connectivity index (χ4v) is 4.61. The van der Waals surface area contributed by atoms with Gasteiger partial charge in [-0.25, -0.2) is 9.37 Å². The minimum Gasteiger partial charge on any atom is -0.488 e. The van der Waals surface area contributed by atoms with Crippen LogP contribution in [-0.2, 0) is 5.54 Å². The average molecular weight is 572 g/mol. The summed E-state index contributed by atoms with van der Waals surface area (Å²) in [7, 11) is 0. The van der Waals surface area contributed by atoms with E-state index in [1.165, 1.54) is 30.3 Å². The maximum absolute atomic E-state index is 14.1. The fourth-order valence-electron chi connectivity index (χ4n) is 4.61. The summed E-state index contributed by atoms with van der Waals surface area (Å²) in [4.78, 5) is 17.7. The SMILES string of the molecule is C[C@H](CNC(=O)c1ccc(OC2CC2)c(OC2CC2)c1)c1cc2c(c(-c3ccc(F)cc3)n1)OC[C@@]2(N)C(F)(F)F. The number of nitrogens with two attached hydrogens (primary N) is 1. The predicted octanol–water partition coefficient (Wildman–Crippen LogP) is 5.61. The Morgan fingerprint density at radius 3 is 2.37 bits per heavy atom. The second-order valence-corrected chi connectivity index (χ2v) is 10.9. The Balaban J connectivity index is 1.25. The number of rotatable bonds is 9. The third-order valence-corrected chi connectivity index (χ3v) is 7.46. The number of nitrogens with one attached hydrogen (secondary N) is 1. The summed E-state index contributed by atoms with van der Waals surface area (Å²) < 4.78 is 73.1. The molecule has 41 heavy (non-hydrogen) atoms. The Kier molecular flexibility index (Phi) is 6.80. The number of hydrogen-bond acceptors (Lipinski definition) is 6. The van der Waals surface area contributed by atoms with Crippen molar-refractivity contribution >= 4 is 5.91 Å². The van der Waals surface area contributed by atoms with E-state index in [9.17, 15) is 22.4 Å². The van der Waals surface area contributed by atoms with Crippen LogP contribution in [-0.4, -0.2) is 42.4 Å². The maximum Gasteiger partial charge on any atom is 0.414 e. The van der Waals surface area contributed by atoms with Crippen molar-refractivity contribution in [1.29, 1.82) is 0 Å². The van der Waals surface area contributed by atoms with Crippen molar-refractivity contribution < 1.29 is 36.6 Å². The highest BCUT2D eigenvalue weighted by Crippen LogP contribution is 2.49. The summed E-state index contributed by atoms with van der Waals surface area (Å²) >= 11 is 0. The van der Waals surface area contributed by atoms with Gasteiger partial charge < -0.3 is 25.3 Å². The molecular weight excluding hydrogens is 542 g/mol. The fraction of sp³-hybridized carbons (Fsp3) is 0.400. The van der Waals surface area contributed by atoms with Crippen molar-refractivity contribution in [2.45, 2.75) is 62.4 Å². The van der Waals surface area contributed by atoms with Gasteiger partial charge in [-0.2, -0.15) is 13.2 Å². The summed E-state index contributed by atoms with van der Waals surface area (Å²) in [5.41, 5.74) is 4.02. The molecule has 2 fully saturated rings. The predicted molar refractivity (Wildman–Crippen MR) is 142 cm³/mol. The Morgan fingerprint density at radius 1 is 1.07 bits per heavy atom. The number of halogens is 4. The van der Waals surface area contributed by atoms with E-state index in [4.69, 9.17) is 19.9 Å². The lowest BCUT2D eigenvalue weighted by atomic mass is 9.89. The first-order valence-electron chi connectivity index (χ1n) is 13.6. The number of pyridine rings is 1. The molecular formula is C30H29F4N3O4. The molecule has 2 aromatic carbocycles. The molecule has 0 saturated heterocycles. The van der Waals surface area contributed by atoms with E-state index in [1.54, 1.807) is 25.1 Å². The first-order valence-corrected chi connectivity index (χ1v) is 13.6. The second-order valence-electron chi connectivity index (χ2n) is 10.9. The van der Waals surface area contributed by atoms with Gasteiger partial charge >= 0.3 is 6.18 Å². The van der Waals surface area contributed by atoms with Gasteiger partial charge in [0.1, 0.15) is 18.1 Å². The molecule has 1 aliphatic heterocycles. The van der Waals surface area contributed by atoms with Crippen LogP contribution in [0.4, 0.5) is 17.6 Å². The molecule has 11 heteroatoms. The minimum absolute atomic E-state index is 0.0804. The molecule has 3 aromatic rings. The first kappa shape index (κ1) is 27.3. The lowest BCUT2D eigenvalue weighted by Crippen LogP contribution is -2.51. The van der Waals surface area contributed by atoms with Crippen molar-refractivity contribution in [3.8, 4) is 28.5 Å². The van der Waals surface area contributed by atoms with Crippen molar-refractivity contribution in [2.75, 3.05) is 13.2 Å². The number of ether oxygens (including phenoxy) is 3. The van der Waals surface area contributed by atoms with Crippen LogP contribution in [0.15, 0.2) is 48.5 Å². The number of alkyl halides is 3. The molecule has 1 amide bonds. The van der Waals surface area contributed by atoms with Gasteiger partial charge in [-0.1, -0.05) is 6.92 Å². The molecule has 0 radical (unpaired) electrons. The normalized spacial score (nSPS) is 20.6. The van der Waals surface area contributed by atoms with Gasteiger partial charge in [0.05, 0.1) is 12.2 Å². The minimum atomic E-state index is -4.79. The number of carbonyl (C=O) groups is 1. The molecule has 1 aromatic heterocycles. The molecule has 2 atom stereocenters. The van der Waals surface area contributed by atoms with Crippen LogP contribution in [0.1, 0.15) is 60.1 Å². The highest BCUT2D eigenvalue weighted by atomic mass is 19.4. The zero-order chi connectivity index (χ0) is 28.9. The number of benzene rings is 2. The van der Waals surface area contributed by atoms with Gasteiger partial charge in [0.15, 0.2) is 22.8 Å².